The van der Waals surface area contributed by atoms with Gasteiger partial charge >= 0.3 is 0 Å². The van der Waals surface area contributed by atoms with Crippen molar-refractivity contribution in [2.75, 3.05) is 18.9 Å². The molecule has 13 nitrogen and oxygen atoms in total. The molecule has 0 radical (unpaired) electrons. The third kappa shape index (κ3) is 4.81. The maximum atomic E-state index is 6.66. The number of nitrogens with two attached hydrogens (primary N) is 9. The monoisotopic (exact) mass is 500 g/mol. The van der Waals surface area contributed by atoms with Gasteiger partial charge in [-0.1, -0.05) is 0 Å². The predicted octanol–water partition coefficient (Wildman–Crippen LogP) is -6.00. The van der Waals surface area contributed by atoms with E-state index in [9.17, 15) is 0 Å². The Morgan fingerprint density at radius 3 is 1.84 bits per heavy atom. The van der Waals surface area contributed by atoms with Crippen molar-refractivity contribution < 1.29 is 14.2 Å². The third-order valence-corrected chi connectivity index (χ3v) is 10.2. The maximum Gasteiger partial charge on any atom is 0.139 e. The molecule has 0 aromatic rings. The molecule has 9 unspecified atom stereocenters. The summed E-state index contributed by atoms with van der Waals surface area (Å²) in [5.74, 6) is 0. The van der Waals surface area contributed by atoms with Crippen molar-refractivity contribution in [3.63, 3.8) is 0 Å². The van der Waals surface area contributed by atoms with Gasteiger partial charge in [0, 0.05) is 30.2 Å². The molecular weight excluding hydrogens is 461 g/mol. The fourth-order valence-electron chi connectivity index (χ4n) is 4.42. The molecule has 182 valence electrons. The molecule has 0 spiro atoms. The Labute approximate surface area is 188 Å². The molecule has 3 aliphatic rings. The van der Waals surface area contributed by atoms with Crippen LogP contribution in [0.3, 0.4) is 0 Å². The van der Waals surface area contributed by atoms with Gasteiger partial charge in [0.2, 0.25) is 0 Å². The average molecular weight is 500 g/mol. The number of ether oxygens (including phenoxy) is 3. The summed E-state index contributed by atoms with van der Waals surface area (Å²) in [5.41, 5.74) is 52.3. The minimum absolute atomic E-state index is 0.177. The molecule has 3 saturated heterocycles. The van der Waals surface area contributed by atoms with E-state index in [0.29, 0.717) is 12.3 Å². The van der Waals surface area contributed by atoms with Crippen molar-refractivity contribution in [2.24, 2.45) is 51.6 Å². The minimum atomic E-state index is -1.18. The van der Waals surface area contributed by atoms with E-state index in [1.54, 1.807) is 0 Å². The van der Waals surface area contributed by atoms with Crippen LogP contribution >= 0.6 is 27.1 Å². The Balaban J connectivity index is 1.70. The number of hydrogen-bond acceptors (Lipinski definition) is 13. The third-order valence-electron chi connectivity index (χ3n) is 6.52. The van der Waals surface area contributed by atoms with Crippen LogP contribution in [0, 0.1) is 0 Å². The molecule has 3 aliphatic heterocycles. The molecule has 3 fully saturated rings. The first-order valence-corrected chi connectivity index (χ1v) is 12.9. The summed E-state index contributed by atoms with van der Waals surface area (Å²) < 4.78 is 17.3. The van der Waals surface area contributed by atoms with Gasteiger partial charge in [0.1, 0.15) is 35.9 Å². The van der Waals surface area contributed by atoms with E-state index < -0.39 is 60.0 Å². The standard InChI is InChI=1S/C15H39N10O3P3/c16-4-7(14(23,2-29)27-10(4)19)25-1-13(22)9(6(18)12(21)26-13)31-3-15(24)8(30)5(17)11(20)28-15/h4-12,25,31H,1-3,16-24,29-30H2/t4-,5-,6-,7+,8+,9+,10?,11?,12?,13?,14?,15?/m1/s1. The molecule has 0 saturated carbocycles. The second-order valence-corrected chi connectivity index (χ2v) is 11.3. The highest BCUT2D eigenvalue weighted by atomic mass is 31.1. The zero-order valence-electron chi connectivity index (χ0n) is 17.4. The van der Waals surface area contributed by atoms with Crippen molar-refractivity contribution in [1.82, 2.24) is 5.32 Å². The second-order valence-electron chi connectivity index (χ2n) is 8.79. The molecule has 15 atom stereocenters. The van der Waals surface area contributed by atoms with Crippen LogP contribution in [0.25, 0.3) is 0 Å². The van der Waals surface area contributed by atoms with E-state index in [1.165, 1.54) is 0 Å². The lowest BCUT2D eigenvalue weighted by molar-refractivity contribution is -0.0464. The first-order chi connectivity index (χ1) is 14.3. The van der Waals surface area contributed by atoms with Gasteiger partial charge in [-0.3, -0.25) is 0 Å². The average Bonchev–Trinajstić information content (AvgIpc) is 3.14. The summed E-state index contributed by atoms with van der Waals surface area (Å²) >= 11 is 0. The lowest BCUT2D eigenvalue weighted by Gasteiger charge is -2.37. The van der Waals surface area contributed by atoms with E-state index in [2.05, 4.69) is 23.8 Å². The highest BCUT2D eigenvalue weighted by Gasteiger charge is 2.55. The van der Waals surface area contributed by atoms with Crippen molar-refractivity contribution in [2.45, 2.75) is 71.3 Å². The van der Waals surface area contributed by atoms with E-state index >= 15 is 0 Å². The molecule has 19 N–H and O–H groups in total. The Bertz CT molecular complexity index is 659. The Kier molecular flexibility index (Phi) is 8.03. The molecule has 3 rings (SSSR count). The second kappa shape index (κ2) is 9.43. The molecule has 31 heavy (non-hydrogen) atoms. The minimum Gasteiger partial charge on any atom is -0.340 e. The predicted molar refractivity (Wildman–Crippen MR) is 129 cm³/mol. The van der Waals surface area contributed by atoms with Gasteiger partial charge in [0.15, 0.2) is 0 Å². The van der Waals surface area contributed by atoms with E-state index in [-0.39, 0.29) is 26.4 Å². The number of hydrogen-bond donors (Lipinski definition) is 10. The van der Waals surface area contributed by atoms with Gasteiger partial charge in [-0.05, 0) is 0 Å². The summed E-state index contributed by atoms with van der Waals surface area (Å²) in [7, 11) is 5.35. The first kappa shape index (κ1) is 26.4. The van der Waals surface area contributed by atoms with Crippen molar-refractivity contribution in [3.05, 3.63) is 0 Å². The quantitative estimate of drug-likeness (QED) is 0.146. The first-order valence-electron chi connectivity index (χ1n) is 10.1. The van der Waals surface area contributed by atoms with Crippen molar-refractivity contribution in [1.29, 1.82) is 0 Å². The maximum absolute atomic E-state index is 6.66. The summed E-state index contributed by atoms with van der Waals surface area (Å²) in [6.07, 6.45) is -1.21. The van der Waals surface area contributed by atoms with Crippen LogP contribution in [0.4, 0.5) is 0 Å². The van der Waals surface area contributed by atoms with E-state index in [4.69, 9.17) is 65.8 Å². The molecule has 0 amide bonds. The SMILES string of the molecule is NC1OC(N)(CP[C@H]2[C@@H](N)C(N)OC2(N)CN[C@H]2[C@@H](N)C(N)OC2(N)CP)[C@@H](P)[C@H]1N. The van der Waals surface area contributed by atoms with Crippen LogP contribution in [0.5, 0.6) is 0 Å². The van der Waals surface area contributed by atoms with Gasteiger partial charge in [0.25, 0.3) is 0 Å². The van der Waals surface area contributed by atoms with E-state index in [1.807, 2.05) is 0 Å². The smallest absolute Gasteiger partial charge is 0.139 e. The van der Waals surface area contributed by atoms with Crippen molar-refractivity contribution >= 4 is 27.1 Å². The molecule has 0 aliphatic carbocycles. The zero-order valence-corrected chi connectivity index (χ0v) is 20.7. The Hall–Kier alpha value is 0.770. The lowest BCUT2D eigenvalue weighted by atomic mass is 10.00. The fraction of sp³-hybridized carbons (Fsp3) is 1.00. The van der Waals surface area contributed by atoms with Crippen LogP contribution in [-0.2, 0) is 14.2 Å². The molecule has 0 aromatic heterocycles. The highest BCUT2D eigenvalue weighted by Crippen LogP contribution is 2.42. The molecule has 16 heteroatoms. The molecule has 0 aromatic carbocycles. The van der Waals surface area contributed by atoms with Crippen LogP contribution in [-0.4, -0.2) is 90.2 Å². The molecule has 3 heterocycles. The summed E-state index contributed by atoms with van der Waals surface area (Å²) in [6, 6.07) is -1.87. The Morgan fingerprint density at radius 2 is 1.29 bits per heavy atom. The number of rotatable bonds is 7. The molecular formula is C15H39N10O3P3. The lowest BCUT2D eigenvalue weighted by Crippen LogP contribution is -2.66. The fourth-order valence-corrected chi connectivity index (χ4v) is 7.26. The summed E-state index contributed by atoms with van der Waals surface area (Å²) in [5, 5.41) is 3.29. The van der Waals surface area contributed by atoms with Crippen LogP contribution < -0.4 is 56.9 Å². The summed E-state index contributed by atoms with van der Waals surface area (Å²) in [4.78, 5) is 0. The largest absolute Gasteiger partial charge is 0.340 e. The normalized spacial score (nSPS) is 55.6. The highest BCUT2D eigenvalue weighted by molar-refractivity contribution is 7.39. The van der Waals surface area contributed by atoms with Crippen LogP contribution in [0.15, 0.2) is 0 Å². The number of nitrogens with one attached hydrogen (secondary N) is 1. The van der Waals surface area contributed by atoms with E-state index in [0.717, 1.165) is 0 Å². The van der Waals surface area contributed by atoms with Gasteiger partial charge in [-0.2, -0.15) is 0 Å². The van der Waals surface area contributed by atoms with Gasteiger partial charge in [-0.15, -0.1) is 27.1 Å². The Morgan fingerprint density at radius 1 is 0.774 bits per heavy atom. The van der Waals surface area contributed by atoms with Crippen LogP contribution in [0.1, 0.15) is 0 Å². The zero-order chi connectivity index (χ0) is 23.4. The summed E-state index contributed by atoms with van der Waals surface area (Å²) in [6.45, 7) is 0.186. The van der Waals surface area contributed by atoms with Gasteiger partial charge < -0.3 is 71.1 Å². The van der Waals surface area contributed by atoms with Crippen LogP contribution in [0.2, 0.25) is 0 Å². The molecule has 0 bridgehead atoms. The van der Waals surface area contributed by atoms with Gasteiger partial charge in [0.05, 0.1) is 24.2 Å². The van der Waals surface area contributed by atoms with Gasteiger partial charge in [-0.25, -0.2) is 0 Å². The van der Waals surface area contributed by atoms with Crippen molar-refractivity contribution in [3.8, 4) is 0 Å². The topological polar surface area (TPSA) is 274 Å².